The normalized spacial score (nSPS) is 21.9. The molecule has 0 radical (unpaired) electrons. The minimum absolute atomic E-state index is 0.0000259. The van der Waals surface area contributed by atoms with Crippen molar-refractivity contribution in [1.29, 1.82) is 0 Å². The summed E-state index contributed by atoms with van der Waals surface area (Å²) in [5.41, 5.74) is 7.60. The summed E-state index contributed by atoms with van der Waals surface area (Å²) in [6.07, 6.45) is 22.8. The van der Waals surface area contributed by atoms with Crippen LogP contribution in [-0.4, -0.2) is 190 Å². The summed E-state index contributed by atoms with van der Waals surface area (Å²) in [4.78, 5) is 77.9. The smallest absolute Gasteiger partial charge is 0.241 e. The molecule has 7 fully saturated rings. The lowest BCUT2D eigenvalue weighted by Crippen LogP contribution is -2.66. The number of carbonyl (C=O) groups excluding carboxylic acids is 5. The number of rotatable bonds is 15. The molecular weight excluding hydrogens is 1090 g/mol. The predicted molar refractivity (Wildman–Crippen MR) is 337 cm³/mol. The molecular formula is C65H102F2N14O5. The van der Waals surface area contributed by atoms with Crippen molar-refractivity contribution < 1.29 is 32.8 Å². The molecule has 21 heteroatoms. The third kappa shape index (κ3) is 20.8. The Morgan fingerprint density at radius 3 is 1.97 bits per heavy atom. The van der Waals surface area contributed by atoms with Gasteiger partial charge in [0.05, 0.1) is 36.9 Å². The molecule has 5 amide bonds. The fourth-order valence-electron chi connectivity index (χ4n) is 13.3. The molecule has 1 aromatic heterocycles. The Hall–Kier alpha value is -6.03. The van der Waals surface area contributed by atoms with E-state index in [0.29, 0.717) is 63.0 Å². The van der Waals surface area contributed by atoms with E-state index < -0.39 is 17.2 Å². The van der Waals surface area contributed by atoms with E-state index in [4.69, 9.17) is 4.79 Å². The highest BCUT2D eigenvalue weighted by Crippen LogP contribution is 2.35. The zero-order valence-corrected chi connectivity index (χ0v) is 52.4. The number of halogens is 2. The van der Waals surface area contributed by atoms with Crippen LogP contribution in [0.3, 0.4) is 0 Å². The zero-order valence-electron chi connectivity index (χ0n) is 52.4. The van der Waals surface area contributed by atoms with Crippen molar-refractivity contribution >= 4 is 47.4 Å². The average molecular weight is 1200 g/mol. The van der Waals surface area contributed by atoms with E-state index in [2.05, 4.69) is 100.0 Å². The average Bonchev–Trinajstić information content (AvgIpc) is 4.29. The van der Waals surface area contributed by atoms with Crippen molar-refractivity contribution in [2.75, 3.05) is 134 Å². The first-order chi connectivity index (χ1) is 41.5. The van der Waals surface area contributed by atoms with Gasteiger partial charge in [-0.25, -0.2) is 18.7 Å². The number of nitrogens with one attached hydrogen (secondary N) is 5. The molecule has 7 heterocycles. The molecule has 1 saturated carbocycles. The van der Waals surface area contributed by atoms with E-state index in [1.165, 1.54) is 76.3 Å². The number of hydrogen-bond donors (Lipinski definition) is 6. The first-order valence-electron chi connectivity index (χ1n) is 32.2. The number of anilines is 3. The Kier molecular flexibility index (Phi) is 26.6. The highest BCUT2D eigenvalue weighted by atomic mass is 19.1. The highest BCUT2D eigenvalue weighted by molar-refractivity contribution is 5.87. The summed E-state index contributed by atoms with van der Waals surface area (Å²) in [5.74, 6) is 1.81. The maximum Gasteiger partial charge on any atom is 0.241 e. The molecule has 6 aliphatic heterocycles. The lowest BCUT2D eigenvalue weighted by molar-refractivity contribution is -0.132. The van der Waals surface area contributed by atoms with Gasteiger partial charge in [-0.15, -0.1) is 0 Å². The number of likely N-dealkylation sites (N-methyl/N-ethyl adjacent to an activating group) is 2. The number of amides is 5. The Morgan fingerprint density at radius 2 is 1.37 bits per heavy atom. The summed E-state index contributed by atoms with van der Waals surface area (Å²) in [7, 11) is 3.41. The van der Waals surface area contributed by atoms with Gasteiger partial charge in [-0.2, -0.15) is 0 Å². The summed E-state index contributed by atoms with van der Waals surface area (Å²) in [5, 5.41) is 14.8. The quantitative estimate of drug-likeness (QED) is 0.0749. The second-order valence-corrected chi connectivity index (χ2v) is 25.7. The van der Waals surface area contributed by atoms with Crippen LogP contribution in [0.1, 0.15) is 134 Å². The maximum absolute atomic E-state index is 15.6. The van der Waals surface area contributed by atoms with Crippen molar-refractivity contribution in [2.45, 2.75) is 148 Å². The maximum atomic E-state index is 15.6. The van der Waals surface area contributed by atoms with Gasteiger partial charge in [-0.05, 0) is 139 Å². The van der Waals surface area contributed by atoms with Gasteiger partial charge in [-0.3, -0.25) is 33.8 Å². The van der Waals surface area contributed by atoms with Gasteiger partial charge in [0.15, 0.2) is 0 Å². The van der Waals surface area contributed by atoms with Crippen LogP contribution < -0.4 is 42.1 Å². The van der Waals surface area contributed by atoms with Gasteiger partial charge in [0.2, 0.25) is 30.0 Å². The lowest BCUT2D eigenvalue weighted by atomic mass is 9.82. The second kappa shape index (κ2) is 33.9. The lowest BCUT2D eigenvalue weighted by Gasteiger charge is -2.48. The van der Waals surface area contributed by atoms with Crippen LogP contribution in [0.2, 0.25) is 0 Å². The van der Waals surface area contributed by atoms with E-state index in [1.807, 2.05) is 6.07 Å². The van der Waals surface area contributed by atoms with Gasteiger partial charge >= 0.3 is 0 Å². The van der Waals surface area contributed by atoms with E-state index >= 15 is 8.78 Å². The molecule has 19 nitrogen and oxygen atoms in total. The molecule has 2 aliphatic carbocycles. The van der Waals surface area contributed by atoms with Gasteiger partial charge in [0.25, 0.3) is 0 Å². The number of aromatic nitrogens is 2. The molecule has 3 atom stereocenters. The number of benzene rings is 2. The number of fused-ring (bicyclic) bond motifs is 2. The van der Waals surface area contributed by atoms with Crippen molar-refractivity contribution in [3.63, 3.8) is 0 Å². The predicted octanol–water partition coefficient (Wildman–Crippen LogP) is 6.10. The summed E-state index contributed by atoms with van der Waals surface area (Å²) >= 11 is 0. The first-order valence-corrected chi connectivity index (χ1v) is 32.2. The summed E-state index contributed by atoms with van der Waals surface area (Å²) in [6, 6.07) is 13.1. The Balaban J connectivity index is 0.000000249. The molecule has 1 spiro atoms. The minimum Gasteiger partial charge on any atom is -0.372 e. The molecule has 11 rings (SSSR count). The molecule has 3 aromatic rings. The Bertz CT molecular complexity index is 2570. The van der Waals surface area contributed by atoms with Gasteiger partial charge in [0.1, 0.15) is 29.6 Å². The fraction of sp³-hybridized carbons (Fsp3) is 0.677. The Morgan fingerprint density at radius 1 is 0.767 bits per heavy atom. The van der Waals surface area contributed by atoms with Crippen LogP contribution in [0.15, 0.2) is 48.8 Å². The van der Waals surface area contributed by atoms with Crippen LogP contribution >= 0.6 is 0 Å². The van der Waals surface area contributed by atoms with Crippen LogP contribution in [0, 0.1) is 28.9 Å². The first kappa shape index (κ1) is 67.5. The van der Waals surface area contributed by atoms with Gasteiger partial charge in [-0.1, -0.05) is 76.6 Å². The number of primary amides is 1. The van der Waals surface area contributed by atoms with E-state index in [1.54, 1.807) is 48.3 Å². The number of aryl methyl sites for hydroxylation is 2. The third-order valence-corrected chi connectivity index (χ3v) is 18.7. The number of hydrogen-bond acceptors (Lipinski definition) is 14. The number of carbonyl (C=O) groups is 5. The van der Waals surface area contributed by atoms with E-state index in [9.17, 15) is 19.2 Å². The van der Waals surface area contributed by atoms with E-state index in [0.717, 1.165) is 109 Å². The number of nitrogens with two attached hydrogens (primary N) is 1. The monoisotopic (exact) mass is 1200 g/mol. The van der Waals surface area contributed by atoms with Crippen molar-refractivity contribution in [2.24, 2.45) is 23.0 Å². The largest absolute Gasteiger partial charge is 0.372 e. The number of nitrogens with zero attached hydrogens (tertiary/aromatic N) is 8. The van der Waals surface area contributed by atoms with Gasteiger partial charge < -0.3 is 51.9 Å². The van der Waals surface area contributed by atoms with Crippen molar-refractivity contribution in [3.8, 4) is 0 Å². The zero-order chi connectivity index (χ0) is 61.5. The minimum atomic E-state index is -0.529. The molecule has 6 saturated heterocycles. The number of likely N-dealkylation sites (tertiary alicyclic amines) is 4. The highest BCUT2D eigenvalue weighted by Gasteiger charge is 2.43. The molecule has 3 unspecified atom stereocenters. The standard InChI is InChI=1S/C38H56F2N10O2.C10H19N3O2.C10H12.C6H12.CH3NO/c1-37(2)5-11-46(12-6-37)18-27-15-31(40)32(16-30(27)39)50-24-36(52)45-38(25-50)7-13-49(14-8-38)34-17-33(43-26-44-34)42-9-4-10-47-19-28-21-48(22-29(28)20-47)23-35(51)41-3;1-8(11-2)10(15)12-7-9(14)13-5-3-4-6-13;1-2-6-10-8-4-3-7-9(10)5-1;1-2-4-6-5-3-1;2-1-3/h15-17,26,28-29H,4-14,18-25H2,1-3H3,(H,41,51)(H,45,52)(H,42,43,44);8,11H,3-7H2,1-2H3,(H,12,15);1-2,5-6H,3-4,7-8H2;1-6H2;1H,(H2,2,3). The summed E-state index contributed by atoms with van der Waals surface area (Å²) < 4.78 is 31.0. The van der Waals surface area contributed by atoms with Crippen LogP contribution in [0.25, 0.3) is 0 Å². The Labute approximate surface area is 511 Å². The summed E-state index contributed by atoms with van der Waals surface area (Å²) in [6.45, 7) is 18.5. The number of piperazine rings is 1. The van der Waals surface area contributed by atoms with Gasteiger partial charge in [0, 0.05) is 96.7 Å². The molecule has 2 aromatic carbocycles. The molecule has 7 N–H and O–H groups in total. The SMILES string of the molecule is C1CCCCC1.CNC(=O)CN1CC2CN(CCCNc3cc(N4CCC5(CC4)CN(c4cc(F)c(CN6CCC(C)(C)CC6)cc4F)CC(=O)N5)ncn3)CC2C1.CNC(C)C(=O)NCC(=O)N1CCCC1.NC=O.c1ccc2c(c1)CCCC2. The van der Waals surface area contributed by atoms with Crippen LogP contribution in [-0.2, 0) is 43.4 Å². The third-order valence-electron chi connectivity index (χ3n) is 18.7. The van der Waals surface area contributed by atoms with Crippen LogP contribution in [0.4, 0.5) is 26.1 Å². The fourth-order valence-corrected chi connectivity index (χ4v) is 13.3. The second-order valence-electron chi connectivity index (χ2n) is 25.7. The molecule has 0 bridgehead atoms. The van der Waals surface area contributed by atoms with Crippen molar-refractivity contribution in [1.82, 2.24) is 50.8 Å². The molecule has 8 aliphatic rings. The van der Waals surface area contributed by atoms with Crippen LogP contribution in [0.5, 0.6) is 0 Å². The van der Waals surface area contributed by atoms with E-state index in [-0.39, 0.29) is 60.3 Å². The number of piperidine rings is 2. The molecule has 86 heavy (non-hydrogen) atoms. The topological polar surface area (TPSA) is 217 Å². The molecule has 476 valence electrons. The van der Waals surface area contributed by atoms with Crippen molar-refractivity contribution in [3.05, 3.63) is 77.1 Å².